The summed E-state index contributed by atoms with van der Waals surface area (Å²) in [4.78, 5) is 2.12. The van der Waals surface area contributed by atoms with Crippen molar-refractivity contribution in [2.24, 2.45) is 5.92 Å². The number of likely N-dealkylation sites (tertiary alicyclic amines) is 1. The standard InChI is InChI=1S/C15H27F3N2/c1-19-13-8-4-2-3-5-9-14(13)20-10-6-7-12(11-20)15(16,17)18/h12-14,19H,2-11H2,1H3. The normalized spacial score (nSPS) is 34.5. The summed E-state index contributed by atoms with van der Waals surface area (Å²) in [5.74, 6) is -1.13. The lowest BCUT2D eigenvalue weighted by Gasteiger charge is -2.43. The van der Waals surface area contributed by atoms with Crippen LogP contribution in [0.4, 0.5) is 13.2 Å². The molecule has 20 heavy (non-hydrogen) atoms. The second-order valence-corrected chi connectivity index (χ2v) is 6.33. The molecule has 2 nitrogen and oxygen atoms in total. The van der Waals surface area contributed by atoms with Crippen LogP contribution < -0.4 is 5.32 Å². The van der Waals surface area contributed by atoms with Gasteiger partial charge in [0.2, 0.25) is 0 Å². The molecule has 2 aliphatic rings. The Kier molecular flexibility index (Phi) is 5.73. The summed E-state index contributed by atoms with van der Waals surface area (Å²) in [6.45, 7) is 1.03. The van der Waals surface area contributed by atoms with Crippen LogP contribution in [0, 0.1) is 5.92 Å². The van der Waals surface area contributed by atoms with Gasteiger partial charge in [-0.25, -0.2) is 0 Å². The van der Waals surface area contributed by atoms with Crippen LogP contribution in [0.15, 0.2) is 0 Å². The first-order chi connectivity index (χ1) is 9.52. The van der Waals surface area contributed by atoms with E-state index in [0.29, 0.717) is 18.9 Å². The average molecular weight is 292 g/mol. The topological polar surface area (TPSA) is 15.3 Å². The van der Waals surface area contributed by atoms with Gasteiger partial charge < -0.3 is 5.32 Å². The van der Waals surface area contributed by atoms with Crippen molar-refractivity contribution >= 4 is 0 Å². The largest absolute Gasteiger partial charge is 0.393 e. The number of rotatable bonds is 2. The Labute approximate surface area is 120 Å². The molecule has 3 unspecified atom stereocenters. The molecule has 1 saturated carbocycles. The van der Waals surface area contributed by atoms with Crippen LogP contribution in [0.2, 0.25) is 0 Å². The lowest BCUT2D eigenvalue weighted by molar-refractivity contribution is -0.189. The van der Waals surface area contributed by atoms with E-state index in [1.54, 1.807) is 0 Å². The highest BCUT2D eigenvalue weighted by molar-refractivity contribution is 4.89. The van der Waals surface area contributed by atoms with Crippen molar-refractivity contribution in [1.82, 2.24) is 10.2 Å². The zero-order chi connectivity index (χ0) is 14.6. The van der Waals surface area contributed by atoms with E-state index >= 15 is 0 Å². The molecule has 3 atom stereocenters. The second-order valence-electron chi connectivity index (χ2n) is 6.33. The fourth-order valence-corrected chi connectivity index (χ4v) is 3.81. The van der Waals surface area contributed by atoms with E-state index < -0.39 is 12.1 Å². The fourth-order valence-electron chi connectivity index (χ4n) is 3.81. The van der Waals surface area contributed by atoms with Gasteiger partial charge in [-0.1, -0.05) is 25.7 Å². The van der Waals surface area contributed by atoms with Gasteiger partial charge in [-0.2, -0.15) is 13.2 Å². The van der Waals surface area contributed by atoms with Gasteiger partial charge in [0.1, 0.15) is 0 Å². The minimum Gasteiger partial charge on any atom is -0.315 e. The second kappa shape index (κ2) is 7.12. The molecule has 118 valence electrons. The molecule has 2 fully saturated rings. The van der Waals surface area contributed by atoms with Gasteiger partial charge in [-0.3, -0.25) is 4.90 Å². The molecule has 2 rings (SSSR count). The van der Waals surface area contributed by atoms with Gasteiger partial charge in [-0.15, -0.1) is 0 Å². The quantitative estimate of drug-likeness (QED) is 0.837. The van der Waals surface area contributed by atoms with Gasteiger partial charge in [-0.05, 0) is 39.3 Å². The summed E-state index contributed by atoms with van der Waals surface area (Å²) in [6, 6.07) is 0.632. The Morgan fingerprint density at radius 3 is 2.30 bits per heavy atom. The zero-order valence-electron chi connectivity index (χ0n) is 12.4. The molecular formula is C15H27F3N2. The van der Waals surface area contributed by atoms with Gasteiger partial charge in [0.15, 0.2) is 0 Å². The Bertz CT molecular complexity index is 293. The van der Waals surface area contributed by atoms with Crippen molar-refractivity contribution < 1.29 is 13.2 Å². The minimum absolute atomic E-state index is 0.201. The monoisotopic (exact) mass is 292 g/mol. The number of hydrogen-bond acceptors (Lipinski definition) is 2. The van der Waals surface area contributed by atoms with Crippen molar-refractivity contribution in [3.8, 4) is 0 Å². The number of likely N-dealkylation sites (N-methyl/N-ethyl adjacent to an activating group) is 1. The average Bonchev–Trinajstić information content (AvgIpc) is 2.38. The SMILES string of the molecule is CNC1CCCCCCC1N1CCCC(C(F)(F)F)C1. The van der Waals surface area contributed by atoms with Crippen LogP contribution in [-0.2, 0) is 0 Å². The van der Waals surface area contributed by atoms with Crippen molar-refractivity contribution in [3.05, 3.63) is 0 Å². The summed E-state index contributed by atoms with van der Waals surface area (Å²) in [7, 11) is 1.95. The zero-order valence-corrected chi connectivity index (χ0v) is 12.4. The van der Waals surface area contributed by atoms with E-state index in [9.17, 15) is 13.2 Å². The van der Waals surface area contributed by atoms with Gasteiger partial charge in [0, 0.05) is 18.6 Å². The van der Waals surface area contributed by atoms with Crippen LogP contribution in [0.5, 0.6) is 0 Å². The maximum absolute atomic E-state index is 13.0. The lowest BCUT2D eigenvalue weighted by Crippen LogP contribution is -2.54. The first kappa shape index (κ1) is 16.1. The summed E-state index contributed by atoms with van der Waals surface area (Å²) >= 11 is 0. The van der Waals surface area contributed by atoms with E-state index in [0.717, 1.165) is 25.8 Å². The van der Waals surface area contributed by atoms with E-state index in [1.807, 2.05) is 7.05 Å². The maximum atomic E-state index is 13.0. The molecule has 0 radical (unpaired) electrons. The molecule has 0 amide bonds. The Hall–Kier alpha value is -0.290. The van der Waals surface area contributed by atoms with Gasteiger partial charge in [0.05, 0.1) is 5.92 Å². The Morgan fingerprint density at radius 1 is 0.950 bits per heavy atom. The van der Waals surface area contributed by atoms with E-state index in [1.165, 1.54) is 19.3 Å². The first-order valence-electron chi connectivity index (χ1n) is 8.00. The highest BCUT2D eigenvalue weighted by atomic mass is 19.4. The minimum atomic E-state index is -4.03. The third-order valence-electron chi connectivity index (χ3n) is 4.99. The smallest absolute Gasteiger partial charge is 0.315 e. The van der Waals surface area contributed by atoms with Crippen LogP contribution in [0.25, 0.3) is 0 Å². The maximum Gasteiger partial charge on any atom is 0.393 e. The number of nitrogens with zero attached hydrogens (tertiary/aromatic N) is 1. The number of piperidine rings is 1. The third-order valence-corrected chi connectivity index (χ3v) is 4.99. The first-order valence-corrected chi connectivity index (χ1v) is 8.00. The molecular weight excluding hydrogens is 265 g/mol. The van der Waals surface area contributed by atoms with E-state index in [-0.39, 0.29) is 12.6 Å². The van der Waals surface area contributed by atoms with E-state index in [2.05, 4.69) is 10.2 Å². The highest BCUT2D eigenvalue weighted by Crippen LogP contribution is 2.35. The molecule has 0 spiro atoms. The predicted octanol–water partition coefficient (Wildman–Crippen LogP) is 3.57. The molecule has 1 N–H and O–H groups in total. The number of hydrogen-bond donors (Lipinski definition) is 1. The molecule has 0 aromatic carbocycles. The van der Waals surface area contributed by atoms with Crippen molar-refractivity contribution in [1.29, 1.82) is 0 Å². The molecule has 5 heteroatoms. The molecule has 0 bridgehead atoms. The summed E-state index contributed by atoms with van der Waals surface area (Å²) in [5.41, 5.74) is 0. The molecule has 1 heterocycles. The van der Waals surface area contributed by atoms with Crippen molar-refractivity contribution in [3.63, 3.8) is 0 Å². The van der Waals surface area contributed by atoms with Crippen LogP contribution in [0.1, 0.15) is 51.4 Å². The molecule has 1 saturated heterocycles. The summed E-state index contributed by atoms with van der Waals surface area (Å²) in [6.07, 6.45) is 3.90. The number of nitrogens with one attached hydrogen (secondary N) is 1. The van der Waals surface area contributed by atoms with E-state index in [4.69, 9.17) is 0 Å². The third kappa shape index (κ3) is 4.10. The number of halogens is 3. The number of alkyl halides is 3. The summed E-state index contributed by atoms with van der Waals surface area (Å²) < 4.78 is 38.9. The molecule has 1 aliphatic heterocycles. The lowest BCUT2D eigenvalue weighted by atomic mass is 9.88. The fraction of sp³-hybridized carbons (Fsp3) is 1.00. The molecule has 0 aromatic heterocycles. The Morgan fingerprint density at radius 2 is 1.65 bits per heavy atom. The van der Waals surface area contributed by atoms with Gasteiger partial charge in [0.25, 0.3) is 0 Å². The van der Waals surface area contributed by atoms with Crippen molar-refractivity contribution in [2.75, 3.05) is 20.1 Å². The highest BCUT2D eigenvalue weighted by Gasteiger charge is 2.43. The molecule has 0 aromatic rings. The molecule has 1 aliphatic carbocycles. The van der Waals surface area contributed by atoms with Crippen molar-refractivity contribution in [2.45, 2.75) is 69.6 Å². The van der Waals surface area contributed by atoms with Crippen LogP contribution in [-0.4, -0.2) is 43.3 Å². The van der Waals surface area contributed by atoms with Gasteiger partial charge >= 0.3 is 6.18 Å². The van der Waals surface area contributed by atoms with Crippen LogP contribution >= 0.6 is 0 Å². The predicted molar refractivity (Wildman–Crippen MR) is 74.7 cm³/mol. The summed E-state index contributed by atoms with van der Waals surface area (Å²) in [5, 5.41) is 3.35. The van der Waals surface area contributed by atoms with Crippen LogP contribution in [0.3, 0.4) is 0 Å². The Balaban J connectivity index is 2.02.